The number of hydrogen-bond acceptors (Lipinski definition) is 3. The van der Waals surface area contributed by atoms with Gasteiger partial charge in [0, 0.05) is 4.47 Å². The first-order valence-corrected chi connectivity index (χ1v) is 6.02. The van der Waals surface area contributed by atoms with Crippen LogP contribution in [0.2, 0.25) is 0 Å². The number of H-pyrrole nitrogens is 1. The predicted molar refractivity (Wildman–Crippen MR) is 70.0 cm³/mol. The number of para-hydroxylation sites is 1. The summed E-state index contributed by atoms with van der Waals surface area (Å²) < 4.78 is 1.29. The summed E-state index contributed by atoms with van der Waals surface area (Å²) in [6, 6.07) is 7.60. The average molecular weight is 345 g/mol. The molecule has 0 amide bonds. The van der Waals surface area contributed by atoms with Crippen LogP contribution in [0, 0.1) is 0 Å². The summed E-state index contributed by atoms with van der Waals surface area (Å²) in [5, 5.41) is 3.06. The van der Waals surface area contributed by atoms with Gasteiger partial charge < -0.3 is 10.3 Å². The second-order valence-corrected chi connectivity index (χ2v) is 4.65. The van der Waals surface area contributed by atoms with Gasteiger partial charge in [-0.2, -0.15) is 0 Å². The van der Waals surface area contributed by atoms with Crippen molar-refractivity contribution in [3.63, 3.8) is 0 Å². The van der Waals surface area contributed by atoms with Crippen molar-refractivity contribution in [2.75, 3.05) is 5.32 Å². The van der Waals surface area contributed by atoms with Crippen molar-refractivity contribution in [3.05, 3.63) is 49.9 Å². The smallest absolute Gasteiger partial charge is 0.267 e. The number of halogens is 2. The van der Waals surface area contributed by atoms with Crippen LogP contribution in [0.5, 0.6) is 0 Å². The van der Waals surface area contributed by atoms with Gasteiger partial charge in [-0.3, -0.25) is 4.79 Å². The van der Waals surface area contributed by atoms with E-state index in [2.05, 4.69) is 47.1 Å². The number of nitrogens with one attached hydrogen (secondary N) is 2. The molecule has 1 heterocycles. The SMILES string of the molecule is O=c1[nH]cnc(Nc2ccccc2Br)c1Br. The number of anilines is 2. The zero-order valence-electron chi connectivity index (χ0n) is 8.00. The molecule has 16 heavy (non-hydrogen) atoms. The van der Waals surface area contributed by atoms with Gasteiger partial charge in [0.1, 0.15) is 4.47 Å². The highest BCUT2D eigenvalue weighted by molar-refractivity contribution is 9.11. The summed E-state index contributed by atoms with van der Waals surface area (Å²) in [5.74, 6) is 0.482. The minimum atomic E-state index is -0.218. The standard InChI is InChI=1S/C10H7Br2N3O/c11-6-3-1-2-4-7(6)15-9-8(12)10(16)14-5-13-9/h1-5H,(H2,13,14,15,16). The number of aromatic amines is 1. The molecule has 0 aliphatic carbocycles. The van der Waals surface area contributed by atoms with E-state index < -0.39 is 0 Å². The number of aromatic nitrogens is 2. The highest BCUT2D eigenvalue weighted by Gasteiger charge is 2.06. The summed E-state index contributed by atoms with van der Waals surface area (Å²) >= 11 is 6.58. The third-order valence-corrected chi connectivity index (χ3v) is 3.35. The molecule has 6 heteroatoms. The summed E-state index contributed by atoms with van der Waals surface area (Å²) in [4.78, 5) is 17.8. The third kappa shape index (κ3) is 2.33. The molecule has 0 unspecified atom stereocenters. The van der Waals surface area contributed by atoms with Gasteiger partial charge in [0.15, 0.2) is 5.82 Å². The highest BCUT2D eigenvalue weighted by atomic mass is 79.9. The first-order chi connectivity index (χ1) is 7.68. The van der Waals surface area contributed by atoms with Gasteiger partial charge in [-0.15, -0.1) is 0 Å². The van der Waals surface area contributed by atoms with Crippen molar-refractivity contribution in [2.24, 2.45) is 0 Å². The van der Waals surface area contributed by atoms with Crippen molar-refractivity contribution in [3.8, 4) is 0 Å². The van der Waals surface area contributed by atoms with E-state index in [1.165, 1.54) is 6.33 Å². The van der Waals surface area contributed by atoms with Crippen LogP contribution >= 0.6 is 31.9 Å². The van der Waals surface area contributed by atoms with Gasteiger partial charge in [-0.25, -0.2) is 4.98 Å². The number of rotatable bonds is 2. The molecule has 2 aromatic rings. The van der Waals surface area contributed by atoms with E-state index in [0.717, 1.165) is 10.2 Å². The second-order valence-electron chi connectivity index (χ2n) is 3.00. The van der Waals surface area contributed by atoms with Crippen LogP contribution in [0.4, 0.5) is 11.5 Å². The summed E-state index contributed by atoms with van der Waals surface area (Å²) in [6.07, 6.45) is 1.35. The lowest BCUT2D eigenvalue weighted by Crippen LogP contribution is -2.10. The zero-order valence-corrected chi connectivity index (χ0v) is 11.2. The number of benzene rings is 1. The molecule has 1 aromatic heterocycles. The molecule has 1 aromatic carbocycles. The van der Waals surface area contributed by atoms with Crippen LogP contribution < -0.4 is 10.9 Å². The Balaban J connectivity index is 2.38. The molecule has 0 bridgehead atoms. The molecule has 0 atom stereocenters. The Labute approximate surface area is 108 Å². The molecule has 4 nitrogen and oxygen atoms in total. The van der Waals surface area contributed by atoms with Gasteiger partial charge in [0.05, 0.1) is 12.0 Å². The van der Waals surface area contributed by atoms with Crippen LogP contribution in [-0.4, -0.2) is 9.97 Å². The lowest BCUT2D eigenvalue weighted by Gasteiger charge is -2.07. The molecule has 0 saturated carbocycles. The lowest BCUT2D eigenvalue weighted by molar-refractivity contribution is 1.10. The molecule has 0 radical (unpaired) electrons. The molecular weight excluding hydrogens is 338 g/mol. The van der Waals surface area contributed by atoms with Crippen molar-refractivity contribution < 1.29 is 0 Å². The maximum Gasteiger partial charge on any atom is 0.267 e. The predicted octanol–water partition coefficient (Wildman–Crippen LogP) is 3.04. The Morgan fingerprint density at radius 2 is 2.00 bits per heavy atom. The fraction of sp³-hybridized carbons (Fsp3) is 0. The fourth-order valence-electron chi connectivity index (χ4n) is 1.16. The van der Waals surface area contributed by atoms with Crippen LogP contribution in [0.15, 0.2) is 44.3 Å². The molecule has 2 N–H and O–H groups in total. The Bertz CT molecular complexity index is 568. The molecule has 0 spiro atoms. The molecule has 0 fully saturated rings. The van der Waals surface area contributed by atoms with Gasteiger partial charge in [0.2, 0.25) is 0 Å². The fourth-order valence-corrected chi connectivity index (χ4v) is 1.86. The first kappa shape index (κ1) is 11.3. The quantitative estimate of drug-likeness (QED) is 0.880. The molecular formula is C10H7Br2N3O. The summed E-state index contributed by atoms with van der Waals surface area (Å²) in [5.41, 5.74) is 0.630. The lowest BCUT2D eigenvalue weighted by atomic mass is 10.3. The normalized spacial score (nSPS) is 10.1. The average Bonchev–Trinajstić information content (AvgIpc) is 2.28. The number of nitrogens with zero attached hydrogens (tertiary/aromatic N) is 1. The maximum absolute atomic E-state index is 11.3. The Kier molecular flexibility index (Phi) is 3.40. The Morgan fingerprint density at radius 1 is 1.25 bits per heavy atom. The van der Waals surface area contributed by atoms with E-state index in [-0.39, 0.29) is 5.56 Å². The van der Waals surface area contributed by atoms with E-state index in [1.54, 1.807) is 0 Å². The zero-order chi connectivity index (χ0) is 11.5. The van der Waals surface area contributed by atoms with Crippen molar-refractivity contribution in [2.45, 2.75) is 0 Å². The molecule has 82 valence electrons. The van der Waals surface area contributed by atoms with Gasteiger partial charge in [-0.05, 0) is 44.0 Å². The summed E-state index contributed by atoms with van der Waals surface area (Å²) in [6.45, 7) is 0. The van der Waals surface area contributed by atoms with Crippen molar-refractivity contribution in [1.29, 1.82) is 0 Å². The largest absolute Gasteiger partial charge is 0.338 e. The highest BCUT2D eigenvalue weighted by Crippen LogP contribution is 2.26. The van der Waals surface area contributed by atoms with Gasteiger partial charge >= 0.3 is 0 Å². The minimum absolute atomic E-state index is 0.218. The molecule has 2 rings (SSSR count). The van der Waals surface area contributed by atoms with Crippen LogP contribution in [0.25, 0.3) is 0 Å². The minimum Gasteiger partial charge on any atom is -0.338 e. The van der Waals surface area contributed by atoms with Crippen molar-refractivity contribution >= 4 is 43.4 Å². The van der Waals surface area contributed by atoms with Gasteiger partial charge in [0.25, 0.3) is 5.56 Å². The molecule has 0 aliphatic heterocycles. The topological polar surface area (TPSA) is 57.8 Å². The monoisotopic (exact) mass is 343 g/mol. The first-order valence-electron chi connectivity index (χ1n) is 4.43. The third-order valence-electron chi connectivity index (χ3n) is 1.92. The number of hydrogen-bond donors (Lipinski definition) is 2. The van der Waals surface area contributed by atoms with Gasteiger partial charge in [-0.1, -0.05) is 12.1 Å². The van der Waals surface area contributed by atoms with E-state index in [0.29, 0.717) is 10.3 Å². The second kappa shape index (κ2) is 4.80. The van der Waals surface area contributed by atoms with Crippen LogP contribution in [0.1, 0.15) is 0 Å². The van der Waals surface area contributed by atoms with E-state index in [4.69, 9.17) is 0 Å². The molecule has 0 aliphatic rings. The maximum atomic E-state index is 11.3. The van der Waals surface area contributed by atoms with Crippen LogP contribution in [-0.2, 0) is 0 Å². The van der Waals surface area contributed by atoms with E-state index in [1.807, 2.05) is 24.3 Å². The Morgan fingerprint density at radius 3 is 2.75 bits per heavy atom. The summed E-state index contributed by atoms with van der Waals surface area (Å²) in [7, 11) is 0. The molecule has 0 saturated heterocycles. The van der Waals surface area contributed by atoms with E-state index in [9.17, 15) is 4.79 Å². The van der Waals surface area contributed by atoms with E-state index >= 15 is 0 Å². The van der Waals surface area contributed by atoms with Crippen molar-refractivity contribution in [1.82, 2.24) is 9.97 Å². The Hall–Kier alpha value is -1.14. The van der Waals surface area contributed by atoms with Crippen LogP contribution in [0.3, 0.4) is 0 Å².